The molecule has 1 saturated carbocycles. The first-order valence-corrected chi connectivity index (χ1v) is 9.53. The molecule has 11 heteroatoms. The van der Waals surface area contributed by atoms with Crippen molar-refractivity contribution in [2.24, 2.45) is 5.92 Å². The van der Waals surface area contributed by atoms with Crippen LogP contribution in [-0.4, -0.2) is 37.0 Å². The van der Waals surface area contributed by atoms with E-state index in [2.05, 4.69) is 9.89 Å². The number of hydrogen-bond acceptors (Lipinski definition) is 8. The molecule has 2 N–H and O–H groups in total. The van der Waals surface area contributed by atoms with Gasteiger partial charge in [-0.2, -0.15) is 0 Å². The molecule has 32 heavy (non-hydrogen) atoms. The molecule has 1 fully saturated rings. The lowest BCUT2D eigenvalue weighted by molar-refractivity contribution is -0.274. The SMILES string of the molecule is COc1cc(OC(F)(F)F)ccc1-c1ccc2onc(OCC(=N)OC(=N)C3CC3)c2c1. The molecule has 168 valence electrons. The average molecular weight is 449 g/mol. The van der Waals surface area contributed by atoms with Crippen LogP contribution in [0.3, 0.4) is 0 Å². The first-order valence-electron chi connectivity index (χ1n) is 9.53. The highest BCUT2D eigenvalue weighted by atomic mass is 19.4. The quantitative estimate of drug-likeness (QED) is 0.381. The number of halogens is 3. The van der Waals surface area contributed by atoms with Crippen LogP contribution in [0.5, 0.6) is 17.4 Å². The Morgan fingerprint density at radius 2 is 1.94 bits per heavy atom. The largest absolute Gasteiger partial charge is 0.573 e. The molecule has 1 aromatic heterocycles. The van der Waals surface area contributed by atoms with Crippen molar-refractivity contribution in [3.05, 3.63) is 36.4 Å². The molecule has 1 aliphatic carbocycles. The molecule has 0 bridgehead atoms. The zero-order valence-corrected chi connectivity index (χ0v) is 16.8. The third kappa shape index (κ3) is 4.93. The minimum atomic E-state index is -4.81. The van der Waals surface area contributed by atoms with Crippen molar-refractivity contribution >= 4 is 22.8 Å². The standard InChI is InChI=1S/C21H18F3N3O5/c1-28-17-9-13(31-21(22,23)24)5-6-14(17)12-4-7-16-15(8-12)20(27-32-16)29-10-18(25)30-19(26)11-2-3-11/h4-9,11,25-26H,2-3,10H2,1H3. The van der Waals surface area contributed by atoms with E-state index < -0.39 is 12.1 Å². The van der Waals surface area contributed by atoms with E-state index in [1.165, 1.54) is 19.2 Å². The van der Waals surface area contributed by atoms with Gasteiger partial charge in [-0.1, -0.05) is 6.07 Å². The molecule has 0 radical (unpaired) electrons. The first-order chi connectivity index (χ1) is 15.2. The van der Waals surface area contributed by atoms with E-state index in [1.807, 2.05) is 0 Å². The molecule has 0 atom stereocenters. The number of aromatic nitrogens is 1. The van der Waals surface area contributed by atoms with Gasteiger partial charge in [-0.15, -0.1) is 13.2 Å². The fourth-order valence-electron chi connectivity index (χ4n) is 3.02. The summed E-state index contributed by atoms with van der Waals surface area (Å²) in [4.78, 5) is 0. The number of benzene rings is 2. The molecule has 8 nitrogen and oxygen atoms in total. The lowest BCUT2D eigenvalue weighted by Crippen LogP contribution is -2.19. The van der Waals surface area contributed by atoms with Gasteiger partial charge in [-0.25, -0.2) is 0 Å². The number of rotatable bonds is 7. The molecule has 3 aromatic rings. The van der Waals surface area contributed by atoms with Crippen molar-refractivity contribution in [3.8, 4) is 28.5 Å². The summed E-state index contributed by atoms with van der Waals surface area (Å²) in [5.74, 6) is -0.202. The van der Waals surface area contributed by atoms with E-state index in [-0.39, 0.29) is 35.9 Å². The second-order valence-electron chi connectivity index (χ2n) is 7.06. The molecule has 0 aliphatic heterocycles. The van der Waals surface area contributed by atoms with Crippen LogP contribution in [0.1, 0.15) is 12.8 Å². The summed E-state index contributed by atoms with van der Waals surface area (Å²) in [5.41, 5.74) is 1.55. The minimum absolute atomic E-state index is 0.0518. The van der Waals surface area contributed by atoms with Crippen LogP contribution in [-0.2, 0) is 4.74 Å². The van der Waals surface area contributed by atoms with Gasteiger partial charge in [0.05, 0.1) is 12.5 Å². The van der Waals surface area contributed by atoms with Crippen molar-refractivity contribution in [2.75, 3.05) is 13.7 Å². The highest BCUT2D eigenvalue weighted by Gasteiger charge is 2.31. The van der Waals surface area contributed by atoms with Gasteiger partial charge >= 0.3 is 6.36 Å². The van der Waals surface area contributed by atoms with E-state index in [9.17, 15) is 13.2 Å². The van der Waals surface area contributed by atoms with Crippen molar-refractivity contribution < 1.29 is 36.6 Å². The Morgan fingerprint density at radius 3 is 2.62 bits per heavy atom. The molecule has 1 heterocycles. The molecule has 2 aromatic carbocycles. The highest BCUT2D eigenvalue weighted by molar-refractivity contribution is 5.92. The maximum Gasteiger partial charge on any atom is 0.573 e. The van der Waals surface area contributed by atoms with Gasteiger partial charge in [-0.3, -0.25) is 10.8 Å². The predicted octanol–water partition coefficient (Wildman–Crippen LogP) is 5.16. The summed E-state index contributed by atoms with van der Waals surface area (Å²) in [5, 5.41) is 19.9. The van der Waals surface area contributed by atoms with E-state index in [4.69, 9.17) is 29.6 Å². The predicted molar refractivity (Wildman–Crippen MR) is 107 cm³/mol. The summed E-state index contributed by atoms with van der Waals surface area (Å²) < 4.78 is 62.5. The number of methoxy groups -OCH3 is 1. The number of ether oxygens (including phenoxy) is 4. The maximum absolute atomic E-state index is 12.5. The second kappa shape index (κ2) is 8.40. The van der Waals surface area contributed by atoms with Crippen LogP contribution in [0.25, 0.3) is 22.1 Å². The summed E-state index contributed by atoms with van der Waals surface area (Å²) in [6.45, 7) is -0.242. The summed E-state index contributed by atoms with van der Waals surface area (Å²) >= 11 is 0. The third-order valence-corrected chi connectivity index (χ3v) is 4.68. The summed E-state index contributed by atoms with van der Waals surface area (Å²) in [6.07, 6.45) is -3.04. The van der Waals surface area contributed by atoms with Gasteiger partial charge in [0.1, 0.15) is 11.5 Å². The number of fused-ring (bicyclic) bond motifs is 1. The minimum Gasteiger partial charge on any atom is -0.496 e. The monoisotopic (exact) mass is 449 g/mol. The van der Waals surface area contributed by atoms with E-state index in [0.717, 1.165) is 18.9 Å². The number of nitrogens with zero attached hydrogens (tertiary/aromatic N) is 1. The Kier molecular flexibility index (Phi) is 5.64. The fourth-order valence-corrected chi connectivity index (χ4v) is 3.02. The lowest BCUT2D eigenvalue weighted by atomic mass is 10.0. The Hall–Kier alpha value is -3.76. The highest BCUT2D eigenvalue weighted by Crippen LogP contribution is 2.37. The molecule has 1 aliphatic rings. The zero-order valence-electron chi connectivity index (χ0n) is 16.8. The summed E-state index contributed by atoms with van der Waals surface area (Å²) in [7, 11) is 1.34. The number of alkyl halides is 3. The van der Waals surface area contributed by atoms with Crippen LogP contribution in [0.2, 0.25) is 0 Å². The molecule has 0 saturated heterocycles. The van der Waals surface area contributed by atoms with Gasteiger partial charge in [0.25, 0.3) is 5.88 Å². The normalized spacial score (nSPS) is 13.6. The fraction of sp³-hybridized carbons (Fsp3) is 0.286. The van der Waals surface area contributed by atoms with Crippen LogP contribution in [0.4, 0.5) is 13.2 Å². The van der Waals surface area contributed by atoms with Crippen LogP contribution in [0.15, 0.2) is 40.9 Å². The van der Waals surface area contributed by atoms with E-state index in [1.54, 1.807) is 18.2 Å². The molecule has 0 amide bonds. The third-order valence-electron chi connectivity index (χ3n) is 4.68. The van der Waals surface area contributed by atoms with E-state index in [0.29, 0.717) is 22.1 Å². The molecule has 4 rings (SSSR count). The van der Waals surface area contributed by atoms with Gasteiger partial charge in [0.2, 0.25) is 5.90 Å². The van der Waals surface area contributed by atoms with Gasteiger partial charge in [0.15, 0.2) is 18.1 Å². The van der Waals surface area contributed by atoms with Crippen LogP contribution < -0.4 is 14.2 Å². The van der Waals surface area contributed by atoms with Gasteiger partial charge in [0, 0.05) is 17.5 Å². The van der Waals surface area contributed by atoms with Gasteiger partial charge < -0.3 is 23.5 Å². The van der Waals surface area contributed by atoms with Gasteiger partial charge in [-0.05, 0) is 47.8 Å². The van der Waals surface area contributed by atoms with Crippen LogP contribution in [0, 0.1) is 16.7 Å². The topological polar surface area (TPSA) is 111 Å². The Balaban J connectivity index is 1.54. The van der Waals surface area contributed by atoms with E-state index >= 15 is 0 Å². The molecular formula is C21H18F3N3O5. The summed E-state index contributed by atoms with van der Waals surface area (Å²) in [6, 6.07) is 8.79. The van der Waals surface area contributed by atoms with Crippen molar-refractivity contribution in [1.29, 1.82) is 10.8 Å². The first kappa shape index (κ1) is 21.5. The van der Waals surface area contributed by atoms with Crippen molar-refractivity contribution in [2.45, 2.75) is 19.2 Å². The van der Waals surface area contributed by atoms with Crippen LogP contribution >= 0.6 is 0 Å². The zero-order chi connectivity index (χ0) is 22.9. The second-order valence-corrected chi connectivity index (χ2v) is 7.06. The average Bonchev–Trinajstić information content (AvgIpc) is 3.52. The maximum atomic E-state index is 12.5. The van der Waals surface area contributed by atoms with Crippen molar-refractivity contribution in [1.82, 2.24) is 5.16 Å². The van der Waals surface area contributed by atoms with Crippen molar-refractivity contribution in [3.63, 3.8) is 0 Å². The Morgan fingerprint density at radius 1 is 1.16 bits per heavy atom. The molecule has 0 unspecified atom stereocenters. The smallest absolute Gasteiger partial charge is 0.496 e. The number of nitrogens with one attached hydrogen (secondary N) is 2. The molecule has 0 spiro atoms. The Labute approximate surface area is 179 Å². The number of hydrogen-bond donors (Lipinski definition) is 2. The Bertz CT molecular complexity index is 1170. The lowest BCUT2D eigenvalue weighted by Gasteiger charge is -2.13. The molecular weight excluding hydrogens is 431 g/mol.